The predicted octanol–water partition coefficient (Wildman–Crippen LogP) is 2.92. The maximum Gasteiger partial charge on any atom is 0.242 e. The topological polar surface area (TPSA) is 86.2 Å². The van der Waals surface area contributed by atoms with Gasteiger partial charge in [-0.1, -0.05) is 54.6 Å². The smallest absolute Gasteiger partial charge is 0.242 e. The van der Waals surface area contributed by atoms with Gasteiger partial charge < -0.3 is 4.55 Å². The molecule has 0 radical (unpaired) electrons. The minimum Gasteiger partial charge on any atom is -0.726 e. The van der Waals surface area contributed by atoms with E-state index in [1.807, 2.05) is 6.08 Å². The van der Waals surface area contributed by atoms with Gasteiger partial charge in [-0.2, -0.15) is 4.68 Å². The number of rotatable bonds is 4. The summed E-state index contributed by atoms with van der Waals surface area (Å²) in [6.45, 7) is 3.95. The molecule has 0 atom stereocenters. The van der Waals surface area contributed by atoms with E-state index in [4.69, 9.17) is 17.5 Å². The summed E-state index contributed by atoms with van der Waals surface area (Å²) in [4.78, 5) is 0. The second-order valence-electron chi connectivity index (χ2n) is 5.88. The first-order valence-electron chi connectivity index (χ1n) is 8.22. The van der Waals surface area contributed by atoms with Gasteiger partial charge in [-0.15, -0.1) is 11.3 Å². The summed E-state index contributed by atoms with van der Waals surface area (Å²) in [5, 5.41) is 0. The molecule has 27 heavy (non-hydrogen) atoms. The van der Waals surface area contributed by atoms with Crippen LogP contribution in [0.2, 0.25) is 0 Å². The third kappa shape index (κ3) is 5.37. The van der Waals surface area contributed by atoms with Crippen LogP contribution in [0.1, 0.15) is 5.56 Å². The molecule has 1 aromatic heterocycles. The lowest BCUT2D eigenvalue weighted by Crippen LogP contribution is -2.39. The maximum absolute atomic E-state index is 8.63. The Morgan fingerprint density at radius 3 is 1.96 bits per heavy atom. The molecular formula is C20H22N2O4S. The van der Waals surface area contributed by atoms with Crippen molar-refractivity contribution in [2.24, 2.45) is 14.1 Å². The molecule has 0 unspecified atom stereocenters. The Bertz CT molecular complexity index is 940. The van der Waals surface area contributed by atoms with Gasteiger partial charge in [0.25, 0.3) is 0 Å². The number of hydrogen-bond donors (Lipinski definition) is 1. The summed E-state index contributed by atoms with van der Waals surface area (Å²) in [5.41, 5.74) is 6.29. The lowest BCUT2D eigenvalue weighted by Gasteiger charge is -2.02. The maximum atomic E-state index is 8.63. The first-order chi connectivity index (χ1) is 12.7. The lowest BCUT2D eigenvalue weighted by molar-refractivity contribution is -0.740. The average Bonchev–Trinajstić information content (AvgIpc) is 2.86. The Morgan fingerprint density at radius 2 is 1.52 bits per heavy atom. The van der Waals surface area contributed by atoms with Crippen LogP contribution in [0.5, 0.6) is 0 Å². The van der Waals surface area contributed by atoms with Crippen LogP contribution in [0.4, 0.5) is 0 Å². The van der Waals surface area contributed by atoms with Crippen LogP contribution in [0.25, 0.3) is 22.5 Å². The first-order valence-corrected chi connectivity index (χ1v) is 9.58. The van der Waals surface area contributed by atoms with Gasteiger partial charge in [-0.25, -0.2) is 8.42 Å². The van der Waals surface area contributed by atoms with Crippen LogP contribution >= 0.6 is 0 Å². The minimum absolute atomic E-state index is 0.850. The molecule has 3 rings (SSSR count). The van der Waals surface area contributed by atoms with Crippen molar-refractivity contribution in [3.8, 4) is 22.5 Å². The van der Waals surface area contributed by atoms with Crippen molar-refractivity contribution < 1.29 is 22.2 Å². The summed E-state index contributed by atoms with van der Waals surface area (Å²) in [6, 6.07) is 21.1. The van der Waals surface area contributed by atoms with Crippen LogP contribution in [-0.4, -0.2) is 22.2 Å². The van der Waals surface area contributed by atoms with E-state index in [1.54, 1.807) is 0 Å². The highest BCUT2D eigenvalue weighted by Crippen LogP contribution is 2.31. The monoisotopic (exact) mass is 386 g/mol. The zero-order chi connectivity index (χ0) is 20.0. The fourth-order valence-corrected chi connectivity index (χ4v) is 3.05. The molecule has 0 aliphatic rings. The molecule has 0 spiro atoms. The quantitative estimate of drug-likeness (QED) is 0.323. The van der Waals surface area contributed by atoms with Gasteiger partial charge in [0.15, 0.2) is 7.05 Å². The Labute approximate surface area is 159 Å². The van der Waals surface area contributed by atoms with Crippen LogP contribution < -0.4 is 4.68 Å². The van der Waals surface area contributed by atoms with E-state index in [1.165, 1.54) is 28.1 Å². The highest BCUT2D eigenvalue weighted by molar-refractivity contribution is 7.79. The van der Waals surface area contributed by atoms with Crippen molar-refractivity contribution in [3.63, 3.8) is 0 Å². The molecule has 0 bridgehead atoms. The van der Waals surface area contributed by atoms with Crippen molar-refractivity contribution in [1.82, 2.24) is 4.68 Å². The number of hydrogen-bond acceptors (Lipinski definition) is 3. The third-order valence-electron chi connectivity index (χ3n) is 4.11. The number of allylic oxidation sites excluding steroid dienone is 1. The normalized spacial score (nSPS) is 10.8. The average molecular weight is 386 g/mol. The van der Waals surface area contributed by atoms with Crippen molar-refractivity contribution >= 4 is 10.4 Å². The van der Waals surface area contributed by atoms with E-state index in [0.717, 1.165) is 6.42 Å². The number of nitrogens with zero attached hydrogens (tertiary/aromatic N) is 2. The van der Waals surface area contributed by atoms with Gasteiger partial charge in [0.2, 0.25) is 16.1 Å². The largest absolute Gasteiger partial charge is 0.726 e. The van der Waals surface area contributed by atoms with Crippen LogP contribution in [-0.2, 0) is 30.9 Å². The molecule has 142 valence electrons. The highest BCUT2D eigenvalue weighted by atomic mass is 32.3. The lowest BCUT2D eigenvalue weighted by atomic mass is 9.99. The Kier molecular flexibility index (Phi) is 6.68. The Morgan fingerprint density at radius 1 is 1.07 bits per heavy atom. The van der Waals surface area contributed by atoms with E-state index < -0.39 is 10.4 Å². The van der Waals surface area contributed by atoms with Gasteiger partial charge in [0.05, 0.1) is 12.6 Å². The molecular weight excluding hydrogens is 364 g/mol. The molecule has 0 saturated heterocycles. The Hall–Kier alpha value is -2.74. The van der Waals surface area contributed by atoms with Crippen LogP contribution in [0.3, 0.4) is 0 Å². The van der Waals surface area contributed by atoms with Crippen molar-refractivity contribution in [1.29, 1.82) is 0 Å². The zero-order valence-electron chi connectivity index (χ0n) is 15.2. The van der Waals surface area contributed by atoms with Gasteiger partial charge in [-0.05, 0) is 18.6 Å². The number of aromatic nitrogens is 2. The fourth-order valence-electron chi connectivity index (χ4n) is 3.05. The van der Waals surface area contributed by atoms with Crippen LogP contribution in [0, 0.1) is 0 Å². The van der Waals surface area contributed by atoms with Crippen molar-refractivity contribution in [3.05, 3.63) is 78.9 Å². The molecule has 0 aliphatic carbocycles. The molecule has 6 nitrogen and oxygen atoms in total. The van der Waals surface area contributed by atoms with E-state index in [0.29, 0.717) is 0 Å². The second kappa shape index (κ2) is 8.77. The SMILES string of the molecule is C=CCc1c(-c2ccccc2)n(C)[n+](C)c1-c1ccccc1.O=S(=O)([O-])O. The molecule has 2 aromatic carbocycles. The summed E-state index contributed by atoms with van der Waals surface area (Å²) >= 11 is 0. The summed E-state index contributed by atoms with van der Waals surface area (Å²) in [6.07, 6.45) is 2.83. The molecule has 3 aromatic rings. The summed E-state index contributed by atoms with van der Waals surface area (Å²) < 4.78 is 37.3. The first kappa shape index (κ1) is 20.6. The molecule has 0 amide bonds. The minimum atomic E-state index is -4.92. The number of benzene rings is 2. The molecule has 0 saturated carbocycles. The summed E-state index contributed by atoms with van der Waals surface area (Å²) in [5.74, 6) is 0. The molecule has 0 fully saturated rings. The van der Waals surface area contributed by atoms with Gasteiger partial charge in [0, 0.05) is 11.1 Å². The van der Waals surface area contributed by atoms with Gasteiger partial charge in [-0.3, -0.25) is 4.55 Å². The van der Waals surface area contributed by atoms with Gasteiger partial charge >= 0.3 is 0 Å². The third-order valence-corrected chi connectivity index (χ3v) is 4.11. The fraction of sp³-hybridized carbons (Fsp3) is 0.150. The predicted molar refractivity (Wildman–Crippen MR) is 104 cm³/mol. The van der Waals surface area contributed by atoms with E-state index in [9.17, 15) is 0 Å². The van der Waals surface area contributed by atoms with E-state index in [2.05, 4.69) is 90.7 Å². The Balaban J connectivity index is 0.000000465. The molecule has 0 aliphatic heterocycles. The van der Waals surface area contributed by atoms with Gasteiger partial charge in [0.1, 0.15) is 5.69 Å². The standard InChI is InChI=1S/C20H21N2.H2O4S/c1-4-11-18-19(16-12-7-5-8-13-16)21(2)22(3)20(18)17-14-9-6-10-15-17;1-5(2,3)4/h4-10,12-15H,1,11H2,2-3H3;(H2,1,2,3,4)/q+1;/p-1. The summed E-state index contributed by atoms with van der Waals surface area (Å²) in [7, 11) is -0.692. The molecule has 1 N–H and O–H groups in total. The van der Waals surface area contributed by atoms with E-state index >= 15 is 0 Å². The molecule has 1 heterocycles. The zero-order valence-corrected chi connectivity index (χ0v) is 16.1. The molecule has 7 heteroatoms. The highest BCUT2D eigenvalue weighted by Gasteiger charge is 2.27. The van der Waals surface area contributed by atoms with Crippen molar-refractivity contribution in [2.75, 3.05) is 0 Å². The van der Waals surface area contributed by atoms with E-state index in [-0.39, 0.29) is 0 Å². The van der Waals surface area contributed by atoms with Crippen LogP contribution in [0.15, 0.2) is 73.3 Å². The second-order valence-corrected chi connectivity index (χ2v) is 6.73. The van der Waals surface area contributed by atoms with Crippen molar-refractivity contribution in [2.45, 2.75) is 6.42 Å².